The molecule has 138 valence electrons. The molecule has 0 saturated carbocycles. The summed E-state index contributed by atoms with van der Waals surface area (Å²) >= 11 is 0. The number of ether oxygens (including phenoxy) is 1. The lowest BCUT2D eigenvalue weighted by Crippen LogP contribution is -2.41. The van der Waals surface area contributed by atoms with E-state index in [0.29, 0.717) is 5.92 Å². The first kappa shape index (κ1) is 23.0. The van der Waals surface area contributed by atoms with Gasteiger partial charge in [-0.05, 0) is 32.1 Å². The maximum atomic E-state index is 5.49. The van der Waals surface area contributed by atoms with Crippen LogP contribution in [0.4, 0.5) is 0 Å². The van der Waals surface area contributed by atoms with Crippen molar-refractivity contribution in [3.8, 4) is 0 Å². The Bertz CT molecular complexity index is 307. The molecule has 0 radical (unpaired) electrons. The predicted molar refractivity (Wildman–Crippen MR) is 111 cm³/mol. The van der Waals surface area contributed by atoms with E-state index in [-0.39, 0.29) is 24.0 Å². The molecule has 0 amide bonds. The number of unbranched alkanes of at least 4 members (excludes halogenated alkanes) is 1. The van der Waals surface area contributed by atoms with Crippen molar-refractivity contribution < 1.29 is 4.74 Å². The van der Waals surface area contributed by atoms with Crippen molar-refractivity contribution >= 4 is 29.9 Å². The minimum Gasteiger partial charge on any atom is -0.381 e. The van der Waals surface area contributed by atoms with Gasteiger partial charge >= 0.3 is 0 Å². The first-order valence-corrected chi connectivity index (χ1v) is 9.28. The van der Waals surface area contributed by atoms with Gasteiger partial charge in [0.25, 0.3) is 0 Å². The number of nitrogens with one attached hydrogen (secondary N) is 1. The zero-order valence-corrected chi connectivity index (χ0v) is 18.0. The smallest absolute Gasteiger partial charge is 0.193 e. The van der Waals surface area contributed by atoms with Crippen LogP contribution in [-0.2, 0) is 4.74 Å². The summed E-state index contributed by atoms with van der Waals surface area (Å²) in [6.45, 7) is 11.4. The quantitative estimate of drug-likeness (QED) is 0.316. The fourth-order valence-corrected chi connectivity index (χ4v) is 3.11. The lowest BCUT2D eigenvalue weighted by atomic mass is 9.97. The van der Waals surface area contributed by atoms with Crippen molar-refractivity contribution in [2.75, 3.05) is 39.9 Å². The molecule has 0 spiro atoms. The average Bonchev–Trinajstić information content (AvgIpc) is 3.01. The maximum Gasteiger partial charge on any atom is 0.193 e. The Morgan fingerprint density at radius 2 is 2.04 bits per heavy atom. The monoisotopic (exact) mass is 439 g/mol. The van der Waals surface area contributed by atoms with Crippen molar-refractivity contribution in [1.82, 2.24) is 10.2 Å². The molecular weight excluding hydrogens is 401 g/mol. The third kappa shape index (κ3) is 9.75. The highest BCUT2D eigenvalue weighted by Gasteiger charge is 2.19. The number of aliphatic imine (C=N–C) groups is 1. The number of hydrogen-bond acceptors (Lipinski definition) is 2. The van der Waals surface area contributed by atoms with E-state index >= 15 is 0 Å². The van der Waals surface area contributed by atoms with Crippen LogP contribution in [0.5, 0.6) is 0 Å². The van der Waals surface area contributed by atoms with Gasteiger partial charge in [-0.25, -0.2) is 0 Å². The topological polar surface area (TPSA) is 36.9 Å². The second-order valence-corrected chi connectivity index (χ2v) is 6.60. The van der Waals surface area contributed by atoms with Gasteiger partial charge in [0.05, 0.1) is 6.61 Å². The summed E-state index contributed by atoms with van der Waals surface area (Å²) < 4.78 is 5.49. The lowest BCUT2D eigenvalue weighted by molar-refractivity contribution is 0.181. The van der Waals surface area contributed by atoms with Crippen molar-refractivity contribution in [2.24, 2.45) is 16.8 Å². The number of rotatable bonds is 10. The van der Waals surface area contributed by atoms with Crippen LogP contribution in [0.25, 0.3) is 0 Å². The highest BCUT2D eigenvalue weighted by atomic mass is 127. The van der Waals surface area contributed by atoms with Crippen LogP contribution in [-0.4, -0.2) is 50.8 Å². The number of halogens is 1. The minimum absolute atomic E-state index is 0. The highest BCUT2D eigenvalue weighted by Crippen LogP contribution is 2.16. The Kier molecular flexibility index (Phi) is 14.3. The van der Waals surface area contributed by atoms with Crippen molar-refractivity contribution in [3.63, 3.8) is 0 Å². The normalized spacial score (nSPS) is 19.3. The van der Waals surface area contributed by atoms with Crippen molar-refractivity contribution in [1.29, 1.82) is 0 Å². The van der Waals surface area contributed by atoms with E-state index in [1.54, 1.807) is 0 Å². The van der Waals surface area contributed by atoms with Gasteiger partial charge in [0.2, 0.25) is 0 Å². The molecule has 1 aliphatic heterocycles. The standard InChI is InChI=1S/C18H37N3O.HI/c1-5-8-10-16(9-6-2)13-20-18(19-7-3)21(4)14-17-11-12-22-15-17;/h16-17H,5-15H2,1-4H3,(H,19,20);1H. The second-order valence-electron chi connectivity index (χ2n) is 6.60. The van der Waals surface area contributed by atoms with E-state index < -0.39 is 0 Å². The molecule has 0 aliphatic carbocycles. The van der Waals surface area contributed by atoms with Gasteiger partial charge in [0, 0.05) is 39.2 Å². The van der Waals surface area contributed by atoms with E-state index in [4.69, 9.17) is 9.73 Å². The molecule has 5 heteroatoms. The van der Waals surface area contributed by atoms with Crippen LogP contribution in [0.1, 0.15) is 59.3 Å². The summed E-state index contributed by atoms with van der Waals surface area (Å²) in [7, 11) is 2.15. The zero-order chi connectivity index (χ0) is 16.2. The first-order chi connectivity index (χ1) is 10.7. The van der Waals surface area contributed by atoms with E-state index in [1.165, 1.54) is 38.5 Å². The predicted octanol–water partition coefficient (Wildman–Crippen LogP) is 4.14. The van der Waals surface area contributed by atoms with Gasteiger partial charge in [-0.2, -0.15) is 0 Å². The molecule has 1 aliphatic rings. The molecule has 1 rings (SSSR count). The summed E-state index contributed by atoms with van der Waals surface area (Å²) in [5, 5.41) is 3.45. The molecule has 2 unspecified atom stereocenters. The average molecular weight is 439 g/mol. The van der Waals surface area contributed by atoms with Gasteiger partial charge in [0.1, 0.15) is 0 Å². The van der Waals surface area contributed by atoms with Gasteiger partial charge in [0.15, 0.2) is 5.96 Å². The first-order valence-electron chi connectivity index (χ1n) is 9.28. The molecule has 0 aromatic carbocycles. The summed E-state index contributed by atoms with van der Waals surface area (Å²) in [5.41, 5.74) is 0. The van der Waals surface area contributed by atoms with E-state index in [0.717, 1.165) is 44.7 Å². The van der Waals surface area contributed by atoms with E-state index in [1.807, 2.05) is 0 Å². The maximum absolute atomic E-state index is 5.49. The molecular formula is C18H38IN3O. The minimum atomic E-state index is 0. The summed E-state index contributed by atoms with van der Waals surface area (Å²) in [6, 6.07) is 0. The fraction of sp³-hybridized carbons (Fsp3) is 0.944. The summed E-state index contributed by atoms with van der Waals surface area (Å²) in [5.74, 6) is 2.45. The van der Waals surface area contributed by atoms with E-state index in [2.05, 4.69) is 38.0 Å². The van der Waals surface area contributed by atoms with Crippen molar-refractivity contribution in [2.45, 2.75) is 59.3 Å². The zero-order valence-electron chi connectivity index (χ0n) is 15.6. The van der Waals surface area contributed by atoms with Gasteiger partial charge in [-0.1, -0.05) is 33.1 Å². The molecule has 1 fully saturated rings. The molecule has 0 aromatic heterocycles. The van der Waals surface area contributed by atoms with Gasteiger partial charge in [-0.15, -0.1) is 24.0 Å². The van der Waals surface area contributed by atoms with Gasteiger partial charge in [-0.3, -0.25) is 4.99 Å². The highest BCUT2D eigenvalue weighted by molar-refractivity contribution is 14.0. The van der Waals surface area contributed by atoms with Crippen LogP contribution < -0.4 is 5.32 Å². The van der Waals surface area contributed by atoms with Crippen LogP contribution in [0.3, 0.4) is 0 Å². The van der Waals surface area contributed by atoms with Crippen molar-refractivity contribution in [3.05, 3.63) is 0 Å². The third-order valence-electron chi connectivity index (χ3n) is 4.41. The Labute approximate surface area is 160 Å². The number of nitrogens with zero attached hydrogens (tertiary/aromatic N) is 2. The summed E-state index contributed by atoms with van der Waals surface area (Å²) in [6.07, 6.45) is 7.66. The molecule has 0 bridgehead atoms. The molecule has 1 N–H and O–H groups in total. The Hall–Kier alpha value is -0.0400. The van der Waals surface area contributed by atoms with Crippen LogP contribution in [0, 0.1) is 11.8 Å². The molecule has 23 heavy (non-hydrogen) atoms. The molecule has 2 atom stereocenters. The molecule has 1 saturated heterocycles. The Morgan fingerprint density at radius 1 is 1.26 bits per heavy atom. The largest absolute Gasteiger partial charge is 0.381 e. The number of guanidine groups is 1. The molecule has 0 aromatic rings. The molecule has 4 nitrogen and oxygen atoms in total. The molecule has 1 heterocycles. The van der Waals surface area contributed by atoms with Crippen LogP contribution >= 0.6 is 24.0 Å². The van der Waals surface area contributed by atoms with Gasteiger partial charge < -0.3 is 15.0 Å². The lowest BCUT2D eigenvalue weighted by Gasteiger charge is -2.25. The summed E-state index contributed by atoms with van der Waals surface area (Å²) in [4.78, 5) is 7.20. The van der Waals surface area contributed by atoms with E-state index in [9.17, 15) is 0 Å². The van der Waals surface area contributed by atoms with Crippen LogP contribution in [0.15, 0.2) is 4.99 Å². The SMILES string of the molecule is CCCCC(CCC)CN=C(NCC)N(C)CC1CCOC1.I. The number of hydrogen-bond donors (Lipinski definition) is 1. The van der Waals surface area contributed by atoms with Crippen LogP contribution in [0.2, 0.25) is 0 Å². The Balaban J connectivity index is 0.00000484. The second kappa shape index (κ2) is 14.3. The third-order valence-corrected chi connectivity index (χ3v) is 4.41. The fourth-order valence-electron chi connectivity index (χ4n) is 3.11. The Morgan fingerprint density at radius 3 is 2.61 bits per heavy atom.